The molecule has 6 nitrogen and oxygen atoms in total. The average Bonchev–Trinajstić information content (AvgIpc) is 2.88. The molecule has 0 aromatic heterocycles. The van der Waals surface area contributed by atoms with Crippen LogP contribution < -0.4 is 27.0 Å². The summed E-state index contributed by atoms with van der Waals surface area (Å²) in [4.78, 5) is 11.9. The van der Waals surface area contributed by atoms with Crippen LogP contribution in [0.4, 0.5) is 0 Å². The molecule has 0 unspecified atom stereocenters. The van der Waals surface area contributed by atoms with Crippen LogP contribution in [0, 0.1) is 0 Å². The minimum absolute atomic E-state index is 0.120. The zero-order valence-corrected chi connectivity index (χ0v) is 24.3. The Morgan fingerprint density at radius 2 is 0.861 bits per heavy atom. The molecule has 0 rings (SSSR count). The van der Waals surface area contributed by atoms with E-state index in [0.717, 1.165) is 58.7 Å². The highest BCUT2D eigenvalue weighted by molar-refractivity contribution is 5.77. The van der Waals surface area contributed by atoms with Crippen molar-refractivity contribution in [3.05, 3.63) is 0 Å². The minimum atomic E-state index is 0.120. The van der Waals surface area contributed by atoms with E-state index in [-0.39, 0.29) is 5.91 Å². The summed E-state index contributed by atoms with van der Waals surface area (Å²) in [6.07, 6.45) is 26.7. The molecule has 0 fully saturated rings. The molecule has 0 aliphatic carbocycles. The fourth-order valence-corrected chi connectivity index (χ4v) is 4.48. The molecule has 0 aliphatic rings. The number of hydrogen-bond acceptors (Lipinski definition) is 5. The predicted molar refractivity (Wildman–Crippen MR) is 159 cm³/mol. The predicted octanol–water partition coefficient (Wildman–Crippen LogP) is 5.65. The first-order valence-electron chi connectivity index (χ1n) is 15.9. The maximum absolute atomic E-state index is 11.9. The first-order valence-corrected chi connectivity index (χ1v) is 15.9. The van der Waals surface area contributed by atoms with Gasteiger partial charge in [-0.15, -0.1) is 0 Å². The molecule has 216 valence electrons. The fourth-order valence-electron chi connectivity index (χ4n) is 4.48. The summed E-state index contributed by atoms with van der Waals surface area (Å²) in [5, 5.41) is 13.1. The van der Waals surface area contributed by atoms with Gasteiger partial charge in [-0.3, -0.25) is 4.79 Å². The number of unbranched alkanes of at least 4 members (excludes halogenated alkanes) is 16. The van der Waals surface area contributed by atoms with Crippen molar-refractivity contribution in [2.24, 2.45) is 5.73 Å². The highest BCUT2D eigenvalue weighted by Gasteiger charge is 2.00. The lowest BCUT2D eigenvalue weighted by molar-refractivity contribution is -0.120. The molecule has 0 saturated carbocycles. The van der Waals surface area contributed by atoms with Gasteiger partial charge in [-0.1, -0.05) is 103 Å². The number of rotatable bonds is 31. The van der Waals surface area contributed by atoms with Crippen LogP contribution in [-0.2, 0) is 4.79 Å². The second-order valence-corrected chi connectivity index (χ2v) is 10.5. The summed E-state index contributed by atoms with van der Waals surface area (Å²) in [6, 6.07) is 0. The number of amides is 1. The second-order valence-electron chi connectivity index (χ2n) is 10.5. The van der Waals surface area contributed by atoms with Crippen molar-refractivity contribution in [1.82, 2.24) is 21.3 Å². The Morgan fingerprint density at radius 3 is 1.36 bits per heavy atom. The van der Waals surface area contributed by atoms with E-state index in [1.807, 2.05) is 0 Å². The Balaban J connectivity index is 3.13. The van der Waals surface area contributed by atoms with E-state index in [1.54, 1.807) is 0 Å². The van der Waals surface area contributed by atoms with Gasteiger partial charge in [0.05, 0.1) is 6.54 Å². The third-order valence-corrected chi connectivity index (χ3v) is 6.86. The minimum Gasteiger partial charge on any atom is -0.355 e. The Labute approximate surface area is 225 Å². The van der Waals surface area contributed by atoms with E-state index >= 15 is 0 Å². The van der Waals surface area contributed by atoms with Gasteiger partial charge in [0.25, 0.3) is 0 Å². The van der Waals surface area contributed by atoms with E-state index in [1.165, 1.54) is 116 Å². The number of nitrogens with two attached hydrogens (primary N) is 1. The third kappa shape index (κ3) is 31.3. The molecule has 0 aromatic rings. The molecule has 0 spiro atoms. The molecule has 0 aromatic carbocycles. The van der Waals surface area contributed by atoms with Crippen molar-refractivity contribution in [3.8, 4) is 0 Å². The van der Waals surface area contributed by atoms with Crippen LogP contribution in [0.25, 0.3) is 0 Å². The zero-order chi connectivity index (χ0) is 26.2. The summed E-state index contributed by atoms with van der Waals surface area (Å²) >= 11 is 0. The molecule has 6 N–H and O–H groups in total. The Morgan fingerprint density at radius 1 is 0.472 bits per heavy atom. The van der Waals surface area contributed by atoms with Crippen molar-refractivity contribution in [3.63, 3.8) is 0 Å². The SMILES string of the molecule is CCCCCCCCCCCCCCCCCCNCC(=O)NCCCNCCCCNCCCN. The molecule has 1 amide bonds. The van der Waals surface area contributed by atoms with Crippen LogP contribution in [0.2, 0.25) is 0 Å². The van der Waals surface area contributed by atoms with Gasteiger partial charge in [0.1, 0.15) is 0 Å². The number of carbonyl (C=O) groups excluding carboxylic acids is 1. The standard InChI is InChI=1S/C30H65N5O/c1-2-3-4-5-6-7-8-9-10-11-12-13-14-15-16-17-25-34-29-30(36)35-28-21-27-33-24-19-18-23-32-26-20-22-31/h32-34H,2-29,31H2,1H3,(H,35,36). The van der Waals surface area contributed by atoms with Crippen molar-refractivity contribution in [2.45, 2.75) is 135 Å². The quantitative estimate of drug-likeness (QED) is 0.0776. The first kappa shape index (κ1) is 35.3. The van der Waals surface area contributed by atoms with Gasteiger partial charge in [0.15, 0.2) is 0 Å². The van der Waals surface area contributed by atoms with Crippen LogP contribution in [-0.4, -0.2) is 58.3 Å². The van der Waals surface area contributed by atoms with Gasteiger partial charge in [-0.05, 0) is 71.4 Å². The van der Waals surface area contributed by atoms with Crippen LogP contribution in [0.1, 0.15) is 135 Å². The molecule has 0 aliphatic heterocycles. The Hall–Kier alpha value is -0.690. The summed E-state index contributed by atoms with van der Waals surface area (Å²) in [5.41, 5.74) is 5.47. The van der Waals surface area contributed by atoms with E-state index in [4.69, 9.17) is 5.73 Å². The average molecular weight is 512 g/mol. The van der Waals surface area contributed by atoms with Crippen LogP contribution in [0.3, 0.4) is 0 Å². The molecule has 0 radical (unpaired) electrons. The highest BCUT2D eigenvalue weighted by Crippen LogP contribution is 2.13. The fraction of sp³-hybridized carbons (Fsp3) is 0.967. The Bertz CT molecular complexity index is 422. The third-order valence-electron chi connectivity index (χ3n) is 6.86. The topological polar surface area (TPSA) is 91.2 Å². The van der Waals surface area contributed by atoms with Gasteiger partial charge in [0.2, 0.25) is 5.91 Å². The van der Waals surface area contributed by atoms with Gasteiger partial charge < -0.3 is 27.0 Å². The number of hydrogen-bond donors (Lipinski definition) is 5. The first-order chi connectivity index (χ1) is 17.8. The van der Waals surface area contributed by atoms with E-state index in [9.17, 15) is 4.79 Å². The molecule has 0 saturated heterocycles. The Kier molecular flexibility index (Phi) is 31.7. The summed E-state index contributed by atoms with van der Waals surface area (Å²) in [6.45, 7) is 9.32. The summed E-state index contributed by atoms with van der Waals surface area (Å²) in [5.74, 6) is 0.120. The van der Waals surface area contributed by atoms with Crippen molar-refractivity contribution < 1.29 is 4.79 Å². The highest BCUT2D eigenvalue weighted by atomic mass is 16.1. The maximum atomic E-state index is 11.9. The maximum Gasteiger partial charge on any atom is 0.233 e. The molecule has 36 heavy (non-hydrogen) atoms. The van der Waals surface area contributed by atoms with E-state index in [2.05, 4.69) is 28.2 Å². The van der Waals surface area contributed by atoms with Crippen molar-refractivity contribution in [2.75, 3.05) is 52.4 Å². The second kappa shape index (κ2) is 32.3. The monoisotopic (exact) mass is 512 g/mol. The summed E-state index contributed by atoms with van der Waals surface area (Å²) < 4.78 is 0. The smallest absolute Gasteiger partial charge is 0.233 e. The van der Waals surface area contributed by atoms with Crippen LogP contribution in [0.5, 0.6) is 0 Å². The summed E-state index contributed by atoms with van der Waals surface area (Å²) in [7, 11) is 0. The van der Waals surface area contributed by atoms with Gasteiger partial charge in [-0.2, -0.15) is 0 Å². The largest absolute Gasteiger partial charge is 0.355 e. The van der Waals surface area contributed by atoms with Gasteiger partial charge in [-0.25, -0.2) is 0 Å². The molecule has 0 heterocycles. The van der Waals surface area contributed by atoms with Gasteiger partial charge >= 0.3 is 0 Å². The molecular weight excluding hydrogens is 446 g/mol. The van der Waals surface area contributed by atoms with Crippen LogP contribution >= 0.6 is 0 Å². The van der Waals surface area contributed by atoms with Crippen molar-refractivity contribution >= 4 is 5.91 Å². The van der Waals surface area contributed by atoms with Gasteiger partial charge in [0, 0.05) is 6.54 Å². The van der Waals surface area contributed by atoms with E-state index < -0.39 is 0 Å². The molecular formula is C30H65N5O. The normalized spacial score (nSPS) is 11.3. The lowest BCUT2D eigenvalue weighted by Gasteiger charge is -2.08. The van der Waals surface area contributed by atoms with E-state index in [0.29, 0.717) is 6.54 Å². The number of carbonyl (C=O) groups is 1. The van der Waals surface area contributed by atoms with Crippen LogP contribution in [0.15, 0.2) is 0 Å². The lowest BCUT2D eigenvalue weighted by atomic mass is 10.0. The van der Waals surface area contributed by atoms with Crippen molar-refractivity contribution in [1.29, 1.82) is 0 Å². The number of nitrogens with one attached hydrogen (secondary N) is 4. The molecule has 6 heteroatoms. The zero-order valence-electron chi connectivity index (χ0n) is 24.3. The molecule has 0 atom stereocenters. The molecule has 0 bridgehead atoms. The lowest BCUT2D eigenvalue weighted by Crippen LogP contribution is -2.35.